The second-order valence-electron chi connectivity index (χ2n) is 16.7. The molecular formula is C41H68O19. The predicted molar refractivity (Wildman–Crippen MR) is 208 cm³/mol. The third-order valence-corrected chi connectivity index (χ3v) is 11.4. The van der Waals surface area contributed by atoms with Crippen LogP contribution in [0.1, 0.15) is 81.1 Å². The fraction of sp³-hybridized carbons (Fsp3) is 0.829. The zero-order valence-corrected chi connectivity index (χ0v) is 35.6. The summed E-state index contributed by atoms with van der Waals surface area (Å²) in [6, 6.07) is 0. The highest BCUT2D eigenvalue weighted by atomic mass is 16.8. The Bertz CT molecular complexity index is 1440. The molecular weight excluding hydrogens is 796 g/mol. The van der Waals surface area contributed by atoms with Crippen LogP contribution in [0.4, 0.5) is 0 Å². The van der Waals surface area contributed by atoms with Crippen LogP contribution in [0, 0.1) is 0 Å². The van der Waals surface area contributed by atoms with Crippen LogP contribution in [0.2, 0.25) is 0 Å². The summed E-state index contributed by atoms with van der Waals surface area (Å²) in [5, 5.41) is 97.5. The third kappa shape index (κ3) is 12.8. The van der Waals surface area contributed by atoms with Crippen molar-refractivity contribution < 1.29 is 93.4 Å². The van der Waals surface area contributed by atoms with Gasteiger partial charge in [-0.25, -0.2) is 0 Å². The fourth-order valence-corrected chi connectivity index (χ4v) is 7.51. The van der Waals surface area contributed by atoms with Gasteiger partial charge in [-0.15, -0.1) is 6.58 Å². The normalized spacial score (nSPS) is 44.2. The first-order valence-corrected chi connectivity index (χ1v) is 20.6. The molecule has 19 nitrogen and oxygen atoms in total. The number of allylic oxidation sites excluding steroid dienone is 3. The van der Waals surface area contributed by atoms with Crippen LogP contribution < -0.4 is 0 Å². The number of aliphatic hydroxyl groups is 9. The minimum atomic E-state index is -1.79. The largest absolute Gasteiger partial charge is 0.457 e. The van der Waals surface area contributed by atoms with Crippen molar-refractivity contribution in [2.45, 2.75) is 209 Å². The van der Waals surface area contributed by atoms with Crippen molar-refractivity contribution in [3.63, 3.8) is 0 Å². The first-order chi connectivity index (χ1) is 28.1. The standard InChI is InChI=1S/C41H68O19/c1-10-41(9,51)16-12-15-18(2)13-11-14-19(3)17-52-37-29(47)25(43)34(21(5)53-37)58-39-31(49)27(45)36(23(7)55-39)60-40-32(50)28(46)35(22(6)56-40)59-38-30(48)26(44)33(20(4)54-38)57-24(8)42/h10,14-15,20-23,25-40,43-51H,1,11-13,16-17H2,2-9H3. The maximum absolute atomic E-state index is 11.4. The number of esters is 1. The van der Waals surface area contributed by atoms with Crippen LogP contribution in [0.25, 0.3) is 0 Å². The van der Waals surface area contributed by atoms with Crippen molar-refractivity contribution in [1.29, 1.82) is 0 Å². The fourth-order valence-electron chi connectivity index (χ4n) is 7.51. The molecule has 4 rings (SSSR count). The highest BCUT2D eigenvalue weighted by Crippen LogP contribution is 2.34. The molecule has 60 heavy (non-hydrogen) atoms. The number of rotatable bonds is 17. The Morgan fingerprint density at radius 2 is 0.950 bits per heavy atom. The first kappa shape index (κ1) is 50.7. The molecule has 0 aliphatic carbocycles. The van der Waals surface area contributed by atoms with E-state index >= 15 is 0 Å². The Morgan fingerprint density at radius 3 is 1.37 bits per heavy atom. The zero-order chi connectivity index (χ0) is 44.8. The Hall–Kier alpha value is -1.99. The predicted octanol–water partition coefficient (Wildman–Crippen LogP) is -0.653. The summed E-state index contributed by atoms with van der Waals surface area (Å²) in [4.78, 5) is 11.4. The molecule has 4 fully saturated rings. The smallest absolute Gasteiger partial charge is 0.303 e. The second-order valence-corrected chi connectivity index (χ2v) is 16.7. The Labute approximate surface area is 351 Å². The lowest BCUT2D eigenvalue weighted by molar-refractivity contribution is -0.381. The Morgan fingerprint density at radius 1 is 0.583 bits per heavy atom. The van der Waals surface area contributed by atoms with E-state index in [0.717, 1.165) is 31.8 Å². The van der Waals surface area contributed by atoms with Crippen LogP contribution in [0.15, 0.2) is 36.0 Å². The first-order valence-electron chi connectivity index (χ1n) is 20.6. The van der Waals surface area contributed by atoms with Gasteiger partial charge in [0.15, 0.2) is 31.3 Å². The molecule has 9 N–H and O–H groups in total. The topological polar surface area (TPSA) is 282 Å². The number of ether oxygens (including phenoxy) is 9. The van der Waals surface area contributed by atoms with E-state index in [2.05, 4.69) is 12.7 Å². The molecule has 21 atom stereocenters. The summed E-state index contributed by atoms with van der Waals surface area (Å²) >= 11 is 0. The van der Waals surface area contributed by atoms with Crippen LogP contribution >= 0.6 is 0 Å². The SMILES string of the molecule is C=CC(C)(O)CCC=C(C)CCC=C(C)COC1OC(C)C(OC2OC(C)C(OC3OC(C)C(OC4OC(C)C(OC(C)=O)C(O)C4O)C(O)C3O)C(O)C2O)C(O)C1O. The van der Waals surface area contributed by atoms with Gasteiger partial charge in [-0.3, -0.25) is 4.79 Å². The molecule has 19 heteroatoms. The van der Waals surface area contributed by atoms with Gasteiger partial charge in [-0.05, 0) is 74.1 Å². The molecule has 0 amide bonds. The van der Waals surface area contributed by atoms with E-state index in [9.17, 15) is 50.8 Å². The van der Waals surface area contributed by atoms with Crippen LogP contribution in [-0.2, 0) is 47.4 Å². The maximum atomic E-state index is 11.4. The van der Waals surface area contributed by atoms with Gasteiger partial charge in [0.1, 0.15) is 67.1 Å². The van der Waals surface area contributed by atoms with Crippen molar-refractivity contribution in [2.75, 3.05) is 6.61 Å². The number of carbonyl (C=O) groups excluding carboxylic acids is 1. The van der Waals surface area contributed by atoms with E-state index in [1.165, 1.54) is 32.4 Å². The molecule has 4 heterocycles. The lowest BCUT2D eigenvalue weighted by Crippen LogP contribution is -2.66. The van der Waals surface area contributed by atoms with Crippen molar-refractivity contribution >= 4 is 5.97 Å². The van der Waals surface area contributed by atoms with Gasteiger partial charge in [0.25, 0.3) is 0 Å². The Balaban J connectivity index is 1.26. The van der Waals surface area contributed by atoms with E-state index in [1.807, 2.05) is 19.9 Å². The number of carbonyl (C=O) groups is 1. The van der Waals surface area contributed by atoms with Crippen LogP contribution in [-0.4, -0.2) is 187 Å². The number of aliphatic hydroxyl groups excluding tert-OH is 8. The summed E-state index contributed by atoms with van der Waals surface area (Å²) in [7, 11) is 0. The summed E-state index contributed by atoms with van der Waals surface area (Å²) in [6.45, 7) is 16.6. The molecule has 0 aromatic rings. The molecule has 4 aliphatic rings. The molecule has 4 saturated heterocycles. The molecule has 0 aromatic heterocycles. The van der Waals surface area contributed by atoms with Gasteiger partial charge in [-0.1, -0.05) is 29.4 Å². The van der Waals surface area contributed by atoms with Crippen molar-refractivity contribution in [3.8, 4) is 0 Å². The van der Waals surface area contributed by atoms with Crippen molar-refractivity contribution in [2.24, 2.45) is 0 Å². The lowest BCUT2D eigenvalue weighted by atomic mass is 9.96. The summed E-state index contributed by atoms with van der Waals surface area (Å²) < 4.78 is 51.5. The van der Waals surface area contributed by atoms with E-state index in [4.69, 9.17) is 42.6 Å². The third-order valence-electron chi connectivity index (χ3n) is 11.4. The average Bonchev–Trinajstić information content (AvgIpc) is 3.18. The van der Waals surface area contributed by atoms with E-state index in [-0.39, 0.29) is 6.61 Å². The van der Waals surface area contributed by atoms with Gasteiger partial charge in [0.2, 0.25) is 0 Å². The molecule has 0 spiro atoms. The summed E-state index contributed by atoms with van der Waals surface area (Å²) in [5.41, 5.74) is 1.17. The quantitative estimate of drug-likeness (QED) is 0.0649. The number of hydrogen-bond donors (Lipinski definition) is 9. The van der Waals surface area contributed by atoms with Crippen molar-refractivity contribution in [1.82, 2.24) is 0 Å². The summed E-state index contributed by atoms with van der Waals surface area (Å²) in [5.74, 6) is -0.694. The molecule has 0 saturated carbocycles. The van der Waals surface area contributed by atoms with E-state index in [1.54, 1.807) is 13.8 Å². The number of hydrogen-bond acceptors (Lipinski definition) is 19. The van der Waals surface area contributed by atoms with Crippen LogP contribution in [0.5, 0.6) is 0 Å². The zero-order valence-electron chi connectivity index (χ0n) is 35.6. The van der Waals surface area contributed by atoms with Gasteiger partial charge in [0.05, 0.1) is 36.6 Å². The highest BCUT2D eigenvalue weighted by Gasteiger charge is 2.54. The van der Waals surface area contributed by atoms with Gasteiger partial charge < -0.3 is 88.6 Å². The van der Waals surface area contributed by atoms with E-state index in [0.29, 0.717) is 6.42 Å². The van der Waals surface area contributed by atoms with E-state index < -0.39 is 134 Å². The van der Waals surface area contributed by atoms with Gasteiger partial charge >= 0.3 is 5.97 Å². The lowest BCUT2D eigenvalue weighted by Gasteiger charge is -2.48. The minimum Gasteiger partial charge on any atom is -0.457 e. The van der Waals surface area contributed by atoms with Gasteiger partial charge in [-0.2, -0.15) is 0 Å². The average molecular weight is 865 g/mol. The molecule has 0 aromatic carbocycles. The minimum absolute atomic E-state index is 0.122. The molecule has 0 radical (unpaired) electrons. The highest BCUT2D eigenvalue weighted by molar-refractivity contribution is 5.66. The molecule has 4 aliphatic heterocycles. The maximum Gasteiger partial charge on any atom is 0.303 e. The Kier molecular flexibility index (Phi) is 18.6. The summed E-state index contributed by atoms with van der Waals surface area (Å²) in [6.07, 6.45) is -19.5. The molecule has 0 bridgehead atoms. The second kappa shape index (κ2) is 22.1. The molecule has 21 unspecified atom stereocenters. The van der Waals surface area contributed by atoms with Crippen LogP contribution in [0.3, 0.4) is 0 Å². The van der Waals surface area contributed by atoms with Gasteiger partial charge in [0, 0.05) is 6.92 Å². The van der Waals surface area contributed by atoms with Crippen molar-refractivity contribution in [3.05, 3.63) is 36.0 Å². The monoisotopic (exact) mass is 864 g/mol. The molecule has 346 valence electrons.